The molecule has 0 bridgehead atoms. The van der Waals surface area contributed by atoms with Crippen LogP contribution in [-0.2, 0) is 9.53 Å². The third kappa shape index (κ3) is 5.00. The highest BCUT2D eigenvalue weighted by molar-refractivity contribution is 9.10. The molecule has 0 spiro atoms. The van der Waals surface area contributed by atoms with Gasteiger partial charge in [0.05, 0.1) is 27.8 Å². The number of cyclic esters (lactones) is 1. The van der Waals surface area contributed by atoms with Crippen molar-refractivity contribution in [3.63, 3.8) is 0 Å². The second-order valence-electron chi connectivity index (χ2n) is 6.42. The monoisotopic (exact) mass is 477 g/mol. The number of halogens is 2. The van der Waals surface area contributed by atoms with E-state index < -0.39 is 5.97 Å². The molecule has 2 aromatic rings. The van der Waals surface area contributed by atoms with Crippen LogP contribution in [0.5, 0.6) is 11.5 Å². The van der Waals surface area contributed by atoms with Crippen molar-refractivity contribution < 1.29 is 19.0 Å². The van der Waals surface area contributed by atoms with E-state index in [1.807, 2.05) is 26.0 Å². The van der Waals surface area contributed by atoms with Crippen molar-refractivity contribution in [2.24, 2.45) is 4.99 Å². The molecule has 1 unspecified atom stereocenters. The first-order valence-electron chi connectivity index (χ1n) is 9.33. The van der Waals surface area contributed by atoms with Gasteiger partial charge in [0.25, 0.3) is 0 Å². The Hall–Kier alpha value is -2.31. The van der Waals surface area contributed by atoms with E-state index in [0.29, 0.717) is 28.7 Å². The van der Waals surface area contributed by atoms with E-state index in [0.717, 1.165) is 16.5 Å². The van der Waals surface area contributed by atoms with Gasteiger partial charge >= 0.3 is 5.97 Å². The minimum Gasteiger partial charge on any atom is -0.490 e. The van der Waals surface area contributed by atoms with Gasteiger partial charge in [-0.05, 0) is 72.1 Å². The van der Waals surface area contributed by atoms with Crippen LogP contribution >= 0.6 is 27.5 Å². The molecule has 3 rings (SSSR count). The van der Waals surface area contributed by atoms with Crippen molar-refractivity contribution in [3.8, 4) is 11.5 Å². The Morgan fingerprint density at radius 1 is 1.28 bits per heavy atom. The zero-order valence-corrected chi connectivity index (χ0v) is 18.7. The number of hydrogen-bond acceptors (Lipinski definition) is 5. The van der Waals surface area contributed by atoms with Crippen LogP contribution in [0.15, 0.2) is 51.6 Å². The zero-order chi connectivity index (χ0) is 21.0. The number of esters is 1. The molecule has 0 radical (unpaired) electrons. The number of benzene rings is 2. The van der Waals surface area contributed by atoms with Crippen molar-refractivity contribution >= 4 is 45.5 Å². The third-order valence-corrected chi connectivity index (χ3v) is 5.17. The number of aliphatic imine (C=N–C) groups is 1. The second-order valence-corrected chi connectivity index (χ2v) is 7.68. The molecule has 0 saturated heterocycles. The van der Waals surface area contributed by atoms with Gasteiger partial charge in [0.1, 0.15) is 0 Å². The number of nitrogens with zero attached hydrogens (tertiary/aromatic N) is 1. The summed E-state index contributed by atoms with van der Waals surface area (Å²) in [5.41, 5.74) is 1.48. The van der Waals surface area contributed by atoms with Gasteiger partial charge in [0, 0.05) is 0 Å². The number of rotatable bonds is 7. The molecule has 0 N–H and O–H groups in total. The summed E-state index contributed by atoms with van der Waals surface area (Å²) < 4.78 is 17.8. The van der Waals surface area contributed by atoms with Gasteiger partial charge in [-0.15, -0.1) is 0 Å². The molecule has 0 fully saturated rings. The SMILES string of the molecule is CCOc1cc(/C=C2\N=C(c3ccccc3Cl)OC2=O)cc(Br)c1OC(C)CC. The zero-order valence-electron chi connectivity index (χ0n) is 16.4. The number of carbonyl (C=O) groups is 1. The molecule has 1 aliphatic rings. The van der Waals surface area contributed by atoms with Gasteiger partial charge in [-0.3, -0.25) is 0 Å². The van der Waals surface area contributed by atoms with Crippen molar-refractivity contribution in [2.75, 3.05) is 6.61 Å². The van der Waals surface area contributed by atoms with Gasteiger partial charge in [0.2, 0.25) is 5.90 Å². The van der Waals surface area contributed by atoms with Gasteiger partial charge in [-0.1, -0.05) is 30.7 Å². The standard InChI is InChI=1S/C22H21BrClNO4/c1-4-13(3)28-20-16(23)10-14(12-19(20)27-5-2)11-18-22(26)29-21(25-18)15-8-6-7-9-17(15)24/h6-13H,4-5H2,1-3H3/b18-11-. The van der Waals surface area contributed by atoms with E-state index in [1.54, 1.807) is 30.3 Å². The normalized spacial score (nSPS) is 15.8. The summed E-state index contributed by atoms with van der Waals surface area (Å²) in [6.45, 7) is 6.44. The molecule has 0 aliphatic carbocycles. The molecule has 152 valence electrons. The van der Waals surface area contributed by atoms with E-state index in [1.165, 1.54) is 0 Å². The van der Waals surface area contributed by atoms with Crippen LogP contribution in [0.1, 0.15) is 38.3 Å². The van der Waals surface area contributed by atoms with Crippen LogP contribution in [0.3, 0.4) is 0 Å². The molecule has 1 aliphatic heterocycles. The van der Waals surface area contributed by atoms with E-state index in [9.17, 15) is 4.79 Å². The Kier molecular flexibility index (Phi) is 6.98. The molecular weight excluding hydrogens is 458 g/mol. The van der Waals surface area contributed by atoms with Crippen LogP contribution in [0, 0.1) is 0 Å². The lowest BCUT2D eigenvalue weighted by Gasteiger charge is -2.18. The summed E-state index contributed by atoms with van der Waals surface area (Å²) >= 11 is 9.72. The van der Waals surface area contributed by atoms with Crippen LogP contribution in [0.2, 0.25) is 5.02 Å². The van der Waals surface area contributed by atoms with Crippen LogP contribution < -0.4 is 9.47 Å². The molecule has 5 nitrogen and oxygen atoms in total. The fraction of sp³-hybridized carbons (Fsp3) is 0.273. The van der Waals surface area contributed by atoms with Gasteiger partial charge in [-0.25, -0.2) is 9.79 Å². The average molecular weight is 479 g/mol. The highest BCUT2D eigenvalue weighted by atomic mass is 79.9. The summed E-state index contributed by atoms with van der Waals surface area (Å²) in [6.07, 6.45) is 2.56. The van der Waals surface area contributed by atoms with Crippen LogP contribution in [-0.4, -0.2) is 24.6 Å². The lowest BCUT2D eigenvalue weighted by atomic mass is 10.1. The maximum absolute atomic E-state index is 12.3. The molecule has 2 aromatic carbocycles. The lowest BCUT2D eigenvalue weighted by Crippen LogP contribution is -2.11. The third-order valence-electron chi connectivity index (χ3n) is 4.25. The average Bonchev–Trinajstić information content (AvgIpc) is 3.05. The van der Waals surface area contributed by atoms with Crippen molar-refractivity contribution in [3.05, 3.63) is 62.7 Å². The summed E-state index contributed by atoms with van der Waals surface area (Å²) in [5, 5.41) is 0.466. The predicted molar refractivity (Wildman–Crippen MR) is 118 cm³/mol. The maximum atomic E-state index is 12.3. The van der Waals surface area contributed by atoms with E-state index in [-0.39, 0.29) is 17.7 Å². The summed E-state index contributed by atoms with van der Waals surface area (Å²) in [7, 11) is 0. The van der Waals surface area contributed by atoms with Gasteiger partial charge < -0.3 is 14.2 Å². The van der Waals surface area contributed by atoms with Crippen molar-refractivity contribution in [2.45, 2.75) is 33.3 Å². The quantitative estimate of drug-likeness (QED) is 0.360. The summed E-state index contributed by atoms with van der Waals surface area (Å²) in [4.78, 5) is 16.6. The molecule has 7 heteroatoms. The highest BCUT2D eigenvalue weighted by Gasteiger charge is 2.26. The minimum atomic E-state index is -0.533. The lowest BCUT2D eigenvalue weighted by molar-refractivity contribution is -0.129. The summed E-state index contributed by atoms with van der Waals surface area (Å²) in [5.74, 6) is 0.884. The maximum Gasteiger partial charge on any atom is 0.363 e. The van der Waals surface area contributed by atoms with Crippen LogP contribution in [0.25, 0.3) is 6.08 Å². The Bertz CT molecular complexity index is 987. The van der Waals surface area contributed by atoms with Gasteiger partial charge in [0.15, 0.2) is 17.2 Å². The first kappa shape index (κ1) is 21.4. The molecule has 0 saturated carbocycles. The Morgan fingerprint density at radius 3 is 2.72 bits per heavy atom. The molecule has 1 heterocycles. The molecule has 0 aromatic heterocycles. The molecule has 0 amide bonds. The van der Waals surface area contributed by atoms with E-state index >= 15 is 0 Å². The Morgan fingerprint density at radius 2 is 2.03 bits per heavy atom. The fourth-order valence-corrected chi connectivity index (χ4v) is 3.42. The van der Waals surface area contributed by atoms with Gasteiger partial charge in [-0.2, -0.15) is 0 Å². The number of ether oxygens (including phenoxy) is 3. The number of carbonyl (C=O) groups excluding carboxylic acids is 1. The van der Waals surface area contributed by atoms with Crippen molar-refractivity contribution in [1.29, 1.82) is 0 Å². The van der Waals surface area contributed by atoms with Crippen molar-refractivity contribution in [1.82, 2.24) is 0 Å². The summed E-state index contributed by atoms with van der Waals surface area (Å²) in [6, 6.07) is 10.7. The van der Waals surface area contributed by atoms with E-state index in [2.05, 4.69) is 27.8 Å². The Labute approximate surface area is 183 Å². The number of hydrogen-bond donors (Lipinski definition) is 0. The molecule has 1 atom stereocenters. The highest BCUT2D eigenvalue weighted by Crippen LogP contribution is 2.38. The van der Waals surface area contributed by atoms with Crippen LogP contribution in [0.4, 0.5) is 0 Å². The Balaban J connectivity index is 1.97. The first-order valence-corrected chi connectivity index (χ1v) is 10.5. The topological polar surface area (TPSA) is 57.1 Å². The smallest absolute Gasteiger partial charge is 0.363 e. The fourth-order valence-electron chi connectivity index (χ4n) is 2.65. The minimum absolute atomic E-state index is 0.0438. The van der Waals surface area contributed by atoms with E-state index in [4.69, 9.17) is 25.8 Å². The second kappa shape index (κ2) is 9.46. The molecular formula is C22H21BrClNO4. The largest absolute Gasteiger partial charge is 0.490 e. The molecule has 29 heavy (non-hydrogen) atoms. The predicted octanol–water partition coefficient (Wildman–Crippen LogP) is 6.02. The first-order chi connectivity index (χ1) is 13.9.